The molecule has 0 bridgehead atoms. The van der Waals surface area contributed by atoms with Gasteiger partial charge in [0.05, 0.1) is 22.4 Å². The molecule has 8 aromatic carbocycles. The Morgan fingerprint density at radius 1 is 0.370 bits per heavy atom. The van der Waals surface area contributed by atoms with E-state index in [1.807, 2.05) is 23.5 Å². The highest BCUT2D eigenvalue weighted by Gasteiger charge is 2.24. The van der Waals surface area contributed by atoms with E-state index in [4.69, 9.17) is 9.97 Å². The first kappa shape index (κ1) is 30.7. The van der Waals surface area contributed by atoms with Crippen molar-refractivity contribution in [1.82, 2.24) is 14.5 Å². The van der Waals surface area contributed by atoms with Gasteiger partial charge in [-0.3, -0.25) is 4.57 Å². The van der Waals surface area contributed by atoms with Crippen molar-refractivity contribution in [3.8, 4) is 50.7 Å². The number of fused-ring (bicyclic) bond motifs is 10. The van der Waals surface area contributed by atoms with Gasteiger partial charge in [-0.05, 0) is 52.6 Å². The second-order valence-electron chi connectivity index (χ2n) is 13.8. The van der Waals surface area contributed by atoms with Crippen LogP contribution in [0.1, 0.15) is 0 Å². The summed E-state index contributed by atoms with van der Waals surface area (Å²) in [7, 11) is 0. The van der Waals surface area contributed by atoms with Crippen molar-refractivity contribution in [2.75, 3.05) is 0 Å². The molecule has 3 heterocycles. The maximum Gasteiger partial charge on any atom is 0.235 e. The fraction of sp³-hybridized carbons (Fsp3) is 0. The molecule has 3 nitrogen and oxygen atoms in total. The molecular formula is C50H31N3S. The van der Waals surface area contributed by atoms with Gasteiger partial charge >= 0.3 is 0 Å². The molecule has 0 aliphatic rings. The summed E-state index contributed by atoms with van der Waals surface area (Å²) in [4.78, 5) is 10.8. The molecular weight excluding hydrogens is 675 g/mol. The fourth-order valence-corrected chi connectivity index (χ4v) is 9.33. The van der Waals surface area contributed by atoms with Crippen LogP contribution >= 0.6 is 11.3 Å². The van der Waals surface area contributed by atoms with E-state index in [-0.39, 0.29) is 0 Å². The first-order chi connectivity index (χ1) is 26.8. The molecule has 0 N–H and O–H groups in total. The molecule has 0 amide bonds. The van der Waals surface area contributed by atoms with Gasteiger partial charge < -0.3 is 0 Å². The van der Waals surface area contributed by atoms with Crippen molar-refractivity contribution in [2.24, 2.45) is 0 Å². The molecule has 11 aromatic rings. The molecule has 0 unspecified atom stereocenters. The highest BCUT2D eigenvalue weighted by Crippen LogP contribution is 2.49. The van der Waals surface area contributed by atoms with E-state index in [9.17, 15) is 0 Å². The van der Waals surface area contributed by atoms with E-state index in [0.717, 1.165) is 33.5 Å². The Bertz CT molecular complexity index is 3130. The summed E-state index contributed by atoms with van der Waals surface area (Å²) in [5.41, 5.74) is 10.9. The second-order valence-corrected chi connectivity index (χ2v) is 14.8. The van der Waals surface area contributed by atoms with Gasteiger partial charge in [0.1, 0.15) is 0 Å². The molecule has 3 aromatic heterocycles. The zero-order valence-electron chi connectivity index (χ0n) is 29.1. The van der Waals surface area contributed by atoms with Crippen LogP contribution in [0, 0.1) is 0 Å². The summed E-state index contributed by atoms with van der Waals surface area (Å²) in [5, 5.41) is 7.36. The average molecular weight is 706 g/mol. The highest BCUT2D eigenvalue weighted by molar-refractivity contribution is 7.27. The fourth-order valence-electron chi connectivity index (χ4n) is 8.10. The van der Waals surface area contributed by atoms with Crippen LogP contribution in [0.2, 0.25) is 0 Å². The normalized spacial score (nSPS) is 11.7. The smallest absolute Gasteiger partial charge is 0.235 e. The molecule has 0 saturated carbocycles. The summed E-state index contributed by atoms with van der Waals surface area (Å²) < 4.78 is 4.90. The topological polar surface area (TPSA) is 30.7 Å². The van der Waals surface area contributed by atoms with Gasteiger partial charge in [-0.15, -0.1) is 11.3 Å². The van der Waals surface area contributed by atoms with Crippen LogP contribution < -0.4 is 0 Å². The number of rotatable bonds is 5. The largest absolute Gasteiger partial charge is 0.277 e. The number of aromatic nitrogens is 3. The number of hydrogen-bond donors (Lipinski definition) is 0. The Labute approximate surface area is 316 Å². The van der Waals surface area contributed by atoms with Crippen molar-refractivity contribution < 1.29 is 0 Å². The van der Waals surface area contributed by atoms with Crippen LogP contribution in [0.3, 0.4) is 0 Å². The standard InChI is InChI=1S/C50H31N3S/c1-5-15-32(16-6-1)36-25-27-44-40(29-36)46-47-41-30-37(33-17-7-2-8-18-33)26-28-45(41)54-49(47)39-24-14-13-23-38(39)48(46)53(44)50-51-42(34-19-9-3-10-20-34)31-43(52-50)35-21-11-4-12-22-35/h1-31H. The lowest BCUT2D eigenvalue weighted by Crippen LogP contribution is -2.04. The van der Waals surface area contributed by atoms with Gasteiger partial charge in [-0.2, -0.15) is 0 Å². The Kier molecular flexibility index (Phi) is 7.04. The van der Waals surface area contributed by atoms with E-state index in [2.05, 4.69) is 180 Å². The van der Waals surface area contributed by atoms with Crippen LogP contribution in [-0.4, -0.2) is 14.5 Å². The monoisotopic (exact) mass is 705 g/mol. The molecule has 4 heteroatoms. The molecule has 0 spiro atoms. The third-order valence-electron chi connectivity index (χ3n) is 10.6. The maximum absolute atomic E-state index is 5.40. The molecule has 0 radical (unpaired) electrons. The van der Waals surface area contributed by atoms with Crippen LogP contribution in [0.15, 0.2) is 188 Å². The van der Waals surface area contributed by atoms with Crippen LogP contribution in [-0.2, 0) is 0 Å². The van der Waals surface area contributed by atoms with Crippen molar-refractivity contribution in [2.45, 2.75) is 0 Å². The predicted octanol–water partition coefficient (Wildman–Crippen LogP) is 13.8. The van der Waals surface area contributed by atoms with Crippen LogP contribution in [0.5, 0.6) is 0 Å². The zero-order valence-corrected chi connectivity index (χ0v) is 30.0. The SMILES string of the molecule is c1ccc(-c2ccc3sc4c5ccccc5c5c(c6cc(-c7ccccc7)ccc6n5-c5nc(-c6ccccc6)cc(-c6ccccc6)n5)c4c3c2)cc1. The summed E-state index contributed by atoms with van der Waals surface area (Å²) in [5.74, 6) is 0.650. The predicted molar refractivity (Wildman–Crippen MR) is 229 cm³/mol. The van der Waals surface area contributed by atoms with Crippen molar-refractivity contribution >= 4 is 64.1 Å². The molecule has 0 aliphatic carbocycles. The van der Waals surface area contributed by atoms with E-state index in [1.165, 1.54) is 64.0 Å². The minimum absolute atomic E-state index is 0.650. The quantitative estimate of drug-likeness (QED) is 0.178. The van der Waals surface area contributed by atoms with E-state index < -0.39 is 0 Å². The summed E-state index contributed by atoms with van der Waals surface area (Å²) in [6, 6.07) is 67.1. The first-order valence-corrected chi connectivity index (χ1v) is 19.1. The highest BCUT2D eigenvalue weighted by atomic mass is 32.1. The molecule has 11 rings (SSSR count). The molecule has 0 aliphatic heterocycles. The van der Waals surface area contributed by atoms with Gasteiger partial charge in [0.2, 0.25) is 5.95 Å². The third-order valence-corrected chi connectivity index (χ3v) is 11.8. The van der Waals surface area contributed by atoms with Crippen molar-refractivity contribution in [1.29, 1.82) is 0 Å². The number of benzene rings is 8. The van der Waals surface area contributed by atoms with Gasteiger partial charge in [0, 0.05) is 52.8 Å². The lowest BCUT2D eigenvalue weighted by molar-refractivity contribution is 0.998. The van der Waals surface area contributed by atoms with E-state index in [0.29, 0.717) is 5.95 Å². The van der Waals surface area contributed by atoms with Gasteiger partial charge in [-0.1, -0.05) is 158 Å². The van der Waals surface area contributed by atoms with Crippen molar-refractivity contribution in [3.05, 3.63) is 188 Å². The van der Waals surface area contributed by atoms with Gasteiger partial charge in [-0.25, -0.2) is 9.97 Å². The summed E-state index contributed by atoms with van der Waals surface area (Å²) in [6.07, 6.45) is 0. The summed E-state index contributed by atoms with van der Waals surface area (Å²) in [6.45, 7) is 0. The Morgan fingerprint density at radius 3 is 1.46 bits per heavy atom. The molecule has 0 saturated heterocycles. The number of hydrogen-bond acceptors (Lipinski definition) is 3. The second kappa shape index (κ2) is 12.4. The minimum Gasteiger partial charge on any atom is -0.277 e. The number of nitrogens with zero attached hydrogens (tertiary/aromatic N) is 3. The molecule has 252 valence electrons. The zero-order chi connectivity index (χ0) is 35.6. The summed E-state index contributed by atoms with van der Waals surface area (Å²) >= 11 is 1.88. The average Bonchev–Trinajstić information content (AvgIpc) is 3.81. The Hall–Kier alpha value is -6.88. The van der Waals surface area contributed by atoms with Gasteiger partial charge in [0.25, 0.3) is 0 Å². The van der Waals surface area contributed by atoms with Crippen LogP contribution in [0.4, 0.5) is 0 Å². The first-order valence-electron chi connectivity index (χ1n) is 18.2. The maximum atomic E-state index is 5.40. The van der Waals surface area contributed by atoms with E-state index in [1.54, 1.807) is 0 Å². The van der Waals surface area contributed by atoms with Gasteiger partial charge in [0.15, 0.2) is 0 Å². The minimum atomic E-state index is 0.650. The Morgan fingerprint density at radius 2 is 0.870 bits per heavy atom. The number of thiophene rings is 1. The van der Waals surface area contributed by atoms with E-state index >= 15 is 0 Å². The lowest BCUT2D eigenvalue weighted by atomic mass is 9.96. The Balaban J connectivity index is 1.33. The molecule has 0 atom stereocenters. The molecule has 54 heavy (non-hydrogen) atoms. The van der Waals surface area contributed by atoms with Crippen molar-refractivity contribution in [3.63, 3.8) is 0 Å². The third kappa shape index (κ3) is 4.88. The lowest BCUT2D eigenvalue weighted by Gasteiger charge is -2.13. The van der Waals surface area contributed by atoms with Crippen LogP contribution in [0.25, 0.3) is 103 Å². The molecule has 0 fully saturated rings.